The highest BCUT2D eigenvalue weighted by Crippen LogP contribution is 2.13. The summed E-state index contributed by atoms with van der Waals surface area (Å²) in [6.45, 7) is 0. The van der Waals surface area contributed by atoms with Crippen molar-refractivity contribution in [3.8, 4) is 0 Å². The molecular weight excluding hydrogens is 205 g/mol. The van der Waals surface area contributed by atoms with Gasteiger partial charge in [-0.3, -0.25) is 9.78 Å². The molecule has 0 saturated carbocycles. The van der Waals surface area contributed by atoms with Crippen LogP contribution >= 0.6 is 0 Å². The second-order valence-corrected chi connectivity index (χ2v) is 3.47. The molecule has 80 valence electrons. The quantitative estimate of drug-likeness (QED) is 0.737. The van der Waals surface area contributed by atoms with E-state index in [1.165, 1.54) is 12.1 Å². The van der Waals surface area contributed by atoms with Gasteiger partial charge >= 0.3 is 0 Å². The van der Waals surface area contributed by atoms with E-state index in [0.29, 0.717) is 23.8 Å². The Bertz CT molecular complexity index is 497. The number of halogens is 1. The molecule has 2 nitrogen and oxygen atoms in total. The lowest BCUT2D eigenvalue weighted by Gasteiger charge is -2.03. The highest BCUT2D eigenvalue weighted by molar-refractivity contribution is 5.75. The summed E-state index contributed by atoms with van der Waals surface area (Å²) in [5, 5.41) is 0. The number of hydrogen-bond donors (Lipinski definition) is 0. The molecule has 0 saturated heterocycles. The van der Waals surface area contributed by atoms with Gasteiger partial charge in [0.1, 0.15) is 12.1 Å². The van der Waals surface area contributed by atoms with Crippen molar-refractivity contribution in [1.82, 2.24) is 4.98 Å². The zero-order valence-electron chi connectivity index (χ0n) is 8.56. The summed E-state index contributed by atoms with van der Waals surface area (Å²) < 4.78 is 13.4. The molecule has 1 heterocycles. The normalized spacial score (nSPS) is 10.1. The van der Waals surface area contributed by atoms with Gasteiger partial charge in [-0.05, 0) is 35.9 Å². The number of carbonyl (C=O) groups excluding carboxylic acids is 1. The minimum absolute atomic E-state index is 0.309. The van der Waals surface area contributed by atoms with Crippen molar-refractivity contribution >= 4 is 6.29 Å². The molecule has 1 aromatic carbocycles. The van der Waals surface area contributed by atoms with Gasteiger partial charge in [-0.25, -0.2) is 4.39 Å². The Hall–Kier alpha value is -2.03. The van der Waals surface area contributed by atoms with Crippen molar-refractivity contribution < 1.29 is 9.18 Å². The van der Waals surface area contributed by atoms with Crippen molar-refractivity contribution in [3.63, 3.8) is 0 Å². The van der Waals surface area contributed by atoms with Crippen LogP contribution in [0.15, 0.2) is 42.6 Å². The van der Waals surface area contributed by atoms with Crippen LogP contribution in [0.4, 0.5) is 4.39 Å². The van der Waals surface area contributed by atoms with Gasteiger partial charge in [0.25, 0.3) is 0 Å². The highest BCUT2D eigenvalue weighted by atomic mass is 19.1. The molecule has 0 aliphatic rings. The minimum atomic E-state index is -0.309. The molecule has 1 aromatic heterocycles. The summed E-state index contributed by atoms with van der Waals surface area (Å²) in [6, 6.07) is 9.81. The van der Waals surface area contributed by atoms with Gasteiger partial charge in [-0.1, -0.05) is 6.07 Å². The summed E-state index contributed by atoms with van der Waals surface area (Å²) in [7, 11) is 0. The molecule has 0 bridgehead atoms. The average Bonchev–Trinajstić information content (AvgIpc) is 2.33. The van der Waals surface area contributed by atoms with Crippen molar-refractivity contribution in [2.75, 3.05) is 0 Å². The molecular formula is C13H10FNO. The lowest BCUT2D eigenvalue weighted by molar-refractivity contribution is 0.112. The third kappa shape index (κ3) is 2.31. The Labute approximate surface area is 92.8 Å². The van der Waals surface area contributed by atoms with E-state index in [1.807, 2.05) is 18.2 Å². The van der Waals surface area contributed by atoms with Crippen LogP contribution < -0.4 is 0 Å². The zero-order valence-corrected chi connectivity index (χ0v) is 8.56. The van der Waals surface area contributed by atoms with Gasteiger partial charge in [0.2, 0.25) is 0 Å². The predicted octanol–water partition coefficient (Wildman–Crippen LogP) is 2.62. The molecule has 0 radical (unpaired) electrons. The molecule has 16 heavy (non-hydrogen) atoms. The van der Waals surface area contributed by atoms with Crippen LogP contribution in [0.2, 0.25) is 0 Å². The molecule has 0 aliphatic carbocycles. The van der Waals surface area contributed by atoms with Crippen molar-refractivity contribution in [3.05, 3.63) is 65.2 Å². The lowest BCUT2D eigenvalue weighted by Crippen LogP contribution is -1.96. The number of nitrogens with zero attached hydrogens (tertiary/aromatic N) is 1. The first-order chi connectivity index (χ1) is 7.79. The Morgan fingerprint density at radius 3 is 2.81 bits per heavy atom. The third-order valence-corrected chi connectivity index (χ3v) is 2.30. The van der Waals surface area contributed by atoms with E-state index in [0.717, 1.165) is 5.69 Å². The van der Waals surface area contributed by atoms with E-state index in [-0.39, 0.29) is 5.82 Å². The Morgan fingerprint density at radius 1 is 1.25 bits per heavy atom. The summed E-state index contributed by atoms with van der Waals surface area (Å²) in [6.07, 6.45) is 2.77. The molecule has 0 fully saturated rings. The van der Waals surface area contributed by atoms with Gasteiger partial charge in [0.15, 0.2) is 0 Å². The van der Waals surface area contributed by atoms with Crippen LogP contribution in [0.25, 0.3) is 0 Å². The summed E-state index contributed by atoms with van der Waals surface area (Å²) >= 11 is 0. The average molecular weight is 215 g/mol. The van der Waals surface area contributed by atoms with Crippen LogP contribution in [0.1, 0.15) is 21.6 Å². The maximum absolute atomic E-state index is 13.4. The van der Waals surface area contributed by atoms with Crippen LogP contribution in [-0.4, -0.2) is 11.3 Å². The third-order valence-electron chi connectivity index (χ3n) is 2.30. The summed E-state index contributed by atoms with van der Waals surface area (Å²) in [5.74, 6) is -0.309. The molecule has 0 aliphatic heterocycles. The highest BCUT2D eigenvalue weighted by Gasteiger charge is 2.05. The monoisotopic (exact) mass is 215 g/mol. The fraction of sp³-hybridized carbons (Fsp3) is 0.0769. The summed E-state index contributed by atoms with van der Waals surface area (Å²) in [4.78, 5) is 14.7. The van der Waals surface area contributed by atoms with Gasteiger partial charge < -0.3 is 0 Å². The van der Waals surface area contributed by atoms with E-state index in [4.69, 9.17) is 0 Å². The number of rotatable bonds is 3. The molecule has 0 amide bonds. The number of carbonyl (C=O) groups is 1. The maximum atomic E-state index is 13.4. The smallest absolute Gasteiger partial charge is 0.150 e. The fourth-order valence-electron chi connectivity index (χ4n) is 1.50. The molecule has 0 spiro atoms. The topological polar surface area (TPSA) is 30.0 Å². The Kier molecular flexibility index (Phi) is 3.05. The molecule has 0 N–H and O–H groups in total. The van der Waals surface area contributed by atoms with Crippen LogP contribution in [0.3, 0.4) is 0 Å². The van der Waals surface area contributed by atoms with E-state index in [1.54, 1.807) is 12.3 Å². The van der Waals surface area contributed by atoms with Crippen molar-refractivity contribution in [2.45, 2.75) is 6.42 Å². The first kappa shape index (κ1) is 10.5. The van der Waals surface area contributed by atoms with Crippen molar-refractivity contribution in [1.29, 1.82) is 0 Å². The number of benzene rings is 1. The standard InChI is InChI=1S/C13H10FNO/c14-13-5-4-10(9-16)7-11(13)8-12-3-1-2-6-15-12/h1-7,9H,8H2. The van der Waals surface area contributed by atoms with E-state index in [9.17, 15) is 9.18 Å². The first-order valence-corrected chi connectivity index (χ1v) is 4.93. The Morgan fingerprint density at radius 2 is 2.12 bits per heavy atom. The van der Waals surface area contributed by atoms with Crippen molar-refractivity contribution in [2.24, 2.45) is 0 Å². The van der Waals surface area contributed by atoms with Crippen LogP contribution in [0, 0.1) is 5.82 Å². The molecule has 2 rings (SSSR count). The van der Waals surface area contributed by atoms with Gasteiger partial charge in [-0.2, -0.15) is 0 Å². The molecule has 0 atom stereocenters. The largest absolute Gasteiger partial charge is 0.298 e. The second-order valence-electron chi connectivity index (χ2n) is 3.47. The maximum Gasteiger partial charge on any atom is 0.150 e. The minimum Gasteiger partial charge on any atom is -0.298 e. The second kappa shape index (κ2) is 4.66. The lowest BCUT2D eigenvalue weighted by atomic mass is 10.1. The van der Waals surface area contributed by atoms with Gasteiger partial charge in [0, 0.05) is 23.9 Å². The van der Waals surface area contributed by atoms with E-state index >= 15 is 0 Å². The molecule has 2 aromatic rings. The summed E-state index contributed by atoms with van der Waals surface area (Å²) in [5.41, 5.74) is 1.75. The van der Waals surface area contributed by atoms with E-state index in [2.05, 4.69) is 4.98 Å². The zero-order chi connectivity index (χ0) is 11.4. The first-order valence-electron chi connectivity index (χ1n) is 4.93. The molecule has 3 heteroatoms. The number of aldehydes is 1. The molecule has 0 unspecified atom stereocenters. The van der Waals surface area contributed by atoms with Gasteiger partial charge in [-0.15, -0.1) is 0 Å². The fourth-order valence-corrected chi connectivity index (χ4v) is 1.50. The van der Waals surface area contributed by atoms with Gasteiger partial charge in [0.05, 0.1) is 0 Å². The van der Waals surface area contributed by atoms with Crippen LogP contribution in [-0.2, 0) is 6.42 Å². The number of aromatic nitrogens is 1. The predicted molar refractivity (Wildman–Crippen MR) is 58.8 cm³/mol. The SMILES string of the molecule is O=Cc1ccc(F)c(Cc2ccccn2)c1. The number of pyridine rings is 1. The number of hydrogen-bond acceptors (Lipinski definition) is 2. The van der Waals surface area contributed by atoms with Crippen LogP contribution in [0.5, 0.6) is 0 Å². The van der Waals surface area contributed by atoms with E-state index < -0.39 is 0 Å². The Balaban J connectivity index is 2.30.